The Morgan fingerprint density at radius 1 is 1.23 bits per heavy atom. The van der Waals surface area contributed by atoms with Crippen molar-refractivity contribution in [1.82, 2.24) is 10.6 Å². The van der Waals surface area contributed by atoms with Gasteiger partial charge in [0.2, 0.25) is 11.8 Å². The van der Waals surface area contributed by atoms with Crippen LogP contribution in [0.25, 0.3) is 6.08 Å². The minimum Gasteiger partial charge on any atom is -0.352 e. The van der Waals surface area contributed by atoms with E-state index in [0.717, 1.165) is 5.56 Å². The predicted octanol–water partition coefficient (Wildman–Crippen LogP) is 1.77. The van der Waals surface area contributed by atoms with Crippen molar-refractivity contribution in [3.63, 3.8) is 0 Å². The number of nitriles is 1. The fourth-order valence-electron chi connectivity index (χ4n) is 1.55. The molecule has 2 N–H and O–H groups in total. The van der Waals surface area contributed by atoms with E-state index in [2.05, 4.69) is 17.2 Å². The van der Waals surface area contributed by atoms with Crippen LogP contribution in [0.5, 0.6) is 0 Å². The summed E-state index contributed by atoms with van der Waals surface area (Å²) in [6.45, 7) is 6.15. The van der Waals surface area contributed by atoms with E-state index >= 15 is 0 Å². The molecule has 1 aromatic carbocycles. The second-order valence-electron chi connectivity index (χ2n) is 4.75. The standard InChI is InChI=1S/C17H19N3O2/c1-13(2)17(22)20-11-3-10-19-16(21)9-8-14-4-6-15(12-18)7-5-14/h4-9H,1,3,10-11H2,2H3,(H,19,21)(H,20,22). The van der Waals surface area contributed by atoms with Crippen LogP contribution in [0.2, 0.25) is 0 Å². The molecule has 1 aromatic rings. The van der Waals surface area contributed by atoms with Crippen molar-refractivity contribution in [2.45, 2.75) is 13.3 Å². The van der Waals surface area contributed by atoms with Gasteiger partial charge in [-0.3, -0.25) is 9.59 Å². The summed E-state index contributed by atoms with van der Waals surface area (Å²) in [6, 6.07) is 8.97. The maximum atomic E-state index is 11.6. The maximum absolute atomic E-state index is 11.6. The van der Waals surface area contributed by atoms with Gasteiger partial charge in [0.25, 0.3) is 0 Å². The molecule has 0 saturated carbocycles. The van der Waals surface area contributed by atoms with Crippen LogP contribution in [-0.4, -0.2) is 24.9 Å². The number of hydrogen-bond donors (Lipinski definition) is 2. The quantitative estimate of drug-likeness (QED) is 0.594. The van der Waals surface area contributed by atoms with Crippen molar-refractivity contribution in [1.29, 1.82) is 5.26 Å². The lowest BCUT2D eigenvalue weighted by Crippen LogP contribution is -2.29. The van der Waals surface area contributed by atoms with Crippen LogP contribution >= 0.6 is 0 Å². The second kappa shape index (κ2) is 9.14. The second-order valence-corrected chi connectivity index (χ2v) is 4.75. The molecule has 114 valence electrons. The lowest BCUT2D eigenvalue weighted by molar-refractivity contribution is -0.117. The lowest BCUT2D eigenvalue weighted by Gasteiger charge is -2.05. The highest BCUT2D eigenvalue weighted by molar-refractivity contribution is 5.92. The van der Waals surface area contributed by atoms with Gasteiger partial charge in [-0.2, -0.15) is 5.26 Å². The first kappa shape index (κ1) is 17.2. The molecule has 0 spiro atoms. The highest BCUT2D eigenvalue weighted by Crippen LogP contribution is 2.04. The van der Waals surface area contributed by atoms with Gasteiger partial charge in [-0.05, 0) is 37.1 Å². The number of nitrogens with one attached hydrogen (secondary N) is 2. The van der Waals surface area contributed by atoms with Crippen LogP contribution < -0.4 is 10.6 Å². The van der Waals surface area contributed by atoms with E-state index in [-0.39, 0.29) is 11.8 Å². The number of hydrogen-bond acceptors (Lipinski definition) is 3. The molecule has 0 atom stereocenters. The summed E-state index contributed by atoms with van der Waals surface area (Å²) in [5.41, 5.74) is 1.90. The number of carbonyl (C=O) groups excluding carboxylic acids is 2. The average molecular weight is 297 g/mol. The molecule has 0 fully saturated rings. The first-order valence-electron chi connectivity index (χ1n) is 6.92. The largest absolute Gasteiger partial charge is 0.352 e. The Morgan fingerprint density at radius 2 is 1.86 bits per heavy atom. The molecule has 5 nitrogen and oxygen atoms in total. The molecule has 2 amide bonds. The van der Waals surface area contributed by atoms with Crippen LogP contribution in [0.1, 0.15) is 24.5 Å². The van der Waals surface area contributed by atoms with E-state index in [1.165, 1.54) is 6.08 Å². The van der Waals surface area contributed by atoms with Crippen molar-refractivity contribution in [3.8, 4) is 6.07 Å². The van der Waals surface area contributed by atoms with Crippen molar-refractivity contribution in [2.75, 3.05) is 13.1 Å². The number of benzene rings is 1. The van der Waals surface area contributed by atoms with Gasteiger partial charge in [-0.1, -0.05) is 18.7 Å². The van der Waals surface area contributed by atoms with E-state index < -0.39 is 0 Å². The SMILES string of the molecule is C=C(C)C(=O)NCCCNC(=O)C=Cc1ccc(C#N)cc1. The number of carbonyl (C=O) groups is 2. The Morgan fingerprint density at radius 3 is 2.45 bits per heavy atom. The van der Waals surface area contributed by atoms with E-state index in [1.54, 1.807) is 37.3 Å². The number of nitrogens with zero attached hydrogens (tertiary/aromatic N) is 1. The Bertz CT molecular complexity index is 610. The van der Waals surface area contributed by atoms with Crippen molar-refractivity contribution in [3.05, 3.63) is 53.6 Å². The molecule has 0 aliphatic heterocycles. The predicted molar refractivity (Wildman–Crippen MR) is 85.6 cm³/mol. The molecule has 1 rings (SSSR count). The summed E-state index contributed by atoms with van der Waals surface area (Å²) in [6.07, 6.45) is 3.77. The minimum absolute atomic E-state index is 0.174. The molecule has 0 saturated heterocycles. The molecular formula is C17H19N3O2. The van der Waals surface area contributed by atoms with Crippen molar-refractivity contribution >= 4 is 17.9 Å². The van der Waals surface area contributed by atoms with E-state index in [1.807, 2.05) is 6.07 Å². The maximum Gasteiger partial charge on any atom is 0.246 e. The van der Waals surface area contributed by atoms with Crippen LogP contribution in [0.3, 0.4) is 0 Å². The van der Waals surface area contributed by atoms with Gasteiger partial charge >= 0.3 is 0 Å². The molecule has 0 bridgehead atoms. The van der Waals surface area contributed by atoms with Crippen LogP contribution in [0, 0.1) is 11.3 Å². The van der Waals surface area contributed by atoms with Gasteiger partial charge in [0.05, 0.1) is 11.6 Å². The van der Waals surface area contributed by atoms with Gasteiger partial charge < -0.3 is 10.6 Å². The zero-order valence-corrected chi connectivity index (χ0v) is 12.6. The lowest BCUT2D eigenvalue weighted by atomic mass is 10.1. The topological polar surface area (TPSA) is 82.0 Å². The molecule has 0 heterocycles. The molecule has 0 radical (unpaired) electrons. The van der Waals surface area contributed by atoms with Gasteiger partial charge in [-0.15, -0.1) is 0 Å². The molecule has 0 aliphatic carbocycles. The Kier molecular flexibility index (Phi) is 7.14. The first-order valence-corrected chi connectivity index (χ1v) is 6.92. The third-order valence-electron chi connectivity index (χ3n) is 2.79. The molecular weight excluding hydrogens is 278 g/mol. The summed E-state index contributed by atoms with van der Waals surface area (Å²) >= 11 is 0. The smallest absolute Gasteiger partial charge is 0.246 e. The van der Waals surface area contributed by atoms with Crippen LogP contribution in [0.4, 0.5) is 0 Å². The number of rotatable bonds is 7. The molecule has 0 aliphatic rings. The zero-order valence-electron chi connectivity index (χ0n) is 12.6. The van der Waals surface area contributed by atoms with E-state index in [0.29, 0.717) is 30.6 Å². The Labute approximate surface area is 130 Å². The Hall–Kier alpha value is -2.87. The van der Waals surface area contributed by atoms with Crippen LogP contribution in [0.15, 0.2) is 42.5 Å². The van der Waals surface area contributed by atoms with E-state index in [9.17, 15) is 9.59 Å². The average Bonchev–Trinajstić information content (AvgIpc) is 2.52. The van der Waals surface area contributed by atoms with Crippen molar-refractivity contribution < 1.29 is 9.59 Å². The number of amides is 2. The summed E-state index contributed by atoms with van der Waals surface area (Å²) in [5, 5.41) is 14.1. The van der Waals surface area contributed by atoms with E-state index in [4.69, 9.17) is 5.26 Å². The Balaban J connectivity index is 2.25. The van der Waals surface area contributed by atoms with Gasteiger partial charge in [0.1, 0.15) is 0 Å². The zero-order chi connectivity index (χ0) is 16.4. The highest BCUT2D eigenvalue weighted by atomic mass is 16.2. The molecule has 5 heteroatoms. The third-order valence-corrected chi connectivity index (χ3v) is 2.79. The van der Waals surface area contributed by atoms with Gasteiger partial charge in [0.15, 0.2) is 0 Å². The molecule has 0 unspecified atom stereocenters. The van der Waals surface area contributed by atoms with Gasteiger partial charge in [-0.25, -0.2) is 0 Å². The highest BCUT2D eigenvalue weighted by Gasteiger charge is 2.00. The van der Waals surface area contributed by atoms with Crippen LogP contribution in [-0.2, 0) is 9.59 Å². The first-order chi connectivity index (χ1) is 10.5. The minimum atomic E-state index is -0.199. The fourth-order valence-corrected chi connectivity index (χ4v) is 1.55. The summed E-state index contributed by atoms with van der Waals surface area (Å²) in [7, 11) is 0. The fraction of sp³-hybridized carbons (Fsp3) is 0.235. The van der Waals surface area contributed by atoms with Gasteiger partial charge in [0, 0.05) is 24.7 Å². The summed E-state index contributed by atoms with van der Waals surface area (Å²) in [4.78, 5) is 22.8. The molecule has 0 aromatic heterocycles. The summed E-state index contributed by atoms with van der Waals surface area (Å²) < 4.78 is 0. The molecule has 22 heavy (non-hydrogen) atoms. The summed E-state index contributed by atoms with van der Waals surface area (Å²) in [5.74, 6) is -0.373. The third kappa shape index (κ3) is 6.53. The van der Waals surface area contributed by atoms with Crippen molar-refractivity contribution in [2.24, 2.45) is 0 Å². The normalized spacial score (nSPS) is 10.0. The monoisotopic (exact) mass is 297 g/mol.